The zero-order valence-corrected chi connectivity index (χ0v) is 19.3. The van der Waals surface area contributed by atoms with E-state index in [4.69, 9.17) is 9.90 Å². The lowest BCUT2D eigenvalue weighted by molar-refractivity contribution is -0.192. The van der Waals surface area contributed by atoms with Gasteiger partial charge in [0.1, 0.15) is 17.5 Å². The molecule has 5 rings (SSSR count). The lowest BCUT2D eigenvalue weighted by Crippen LogP contribution is -2.23. The Bertz CT molecular complexity index is 1190. The van der Waals surface area contributed by atoms with E-state index in [1.807, 2.05) is 4.90 Å². The van der Waals surface area contributed by atoms with E-state index in [0.717, 1.165) is 43.9 Å². The summed E-state index contributed by atoms with van der Waals surface area (Å²) in [7, 11) is 0. The molecule has 3 heterocycles. The highest BCUT2D eigenvalue weighted by molar-refractivity contribution is 5.89. The second kappa shape index (κ2) is 8.82. The van der Waals surface area contributed by atoms with Crippen molar-refractivity contribution in [1.82, 2.24) is 15.0 Å². The Morgan fingerprint density at radius 1 is 1.11 bits per heavy atom. The number of fused-ring (bicyclic) bond motifs is 2. The first-order valence-corrected chi connectivity index (χ1v) is 11.1. The summed E-state index contributed by atoms with van der Waals surface area (Å²) in [6.07, 6.45) is 0.768. The summed E-state index contributed by atoms with van der Waals surface area (Å²) in [5.74, 6) is -5.32. The topological polar surface area (TPSA) is 120 Å². The van der Waals surface area contributed by atoms with Gasteiger partial charge in [-0.1, -0.05) is 0 Å². The third-order valence-electron chi connectivity index (χ3n) is 5.92. The van der Waals surface area contributed by atoms with Crippen LogP contribution in [0.15, 0.2) is 18.3 Å². The summed E-state index contributed by atoms with van der Waals surface area (Å²) in [5, 5.41) is 13.0. The average Bonchev–Trinajstić information content (AvgIpc) is 3.67. The molecule has 36 heavy (non-hydrogen) atoms. The number of nitrogens with zero attached hydrogens (tertiary/aromatic N) is 4. The number of aliphatic carboxylic acids is 1. The van der Waals surface area contributed by atoms with Crippen LogP contribution in [0.4, 0.5) is 45.1 Å². The number of hydrogen-bond donors (Lipinski definition) is 3. The molecule has 2 aromatic heterocycles. The Balaban J connectivity index is 0.000000384. The van der Waals surface area contributed by atoms with Gasteiger partial charge in [-0.3, -0.25) is 4.79 Å². The molecule has 2 saturated carbocycles. The molecule has 0 unspecified atom stereocenters. The summed E-state index contributed by atoms with van der Waals surface area (Å²) in [6, 6.07) is 3.81. The summed E-state index contributed by atoms with van der Waals surface area (Å²) >= 11 is 0. The monoisotopic (exact) mass is 514 g/mol. The molecule has 1 spiro atoms. The van der Waals surface area contributed by atoms with Crippen LogP contribution in [0.5, 0.6) is 0 Å². The molecular weight excluding hydrogens is 491 g/mol. The Labute approximate surface area is 202 Å². The van der Waals surface area contributed by atoms with Gasteiger partial charge in [-0.25, -0.2) is 19.7 Å². The number of hydrogen-bond acceptors (Lipinski definition) is 7. The quantitative estimate of drug-likeness (QED) is 0.505. The number of nitrogens with one attached hydrogen (secondary N) is 2. The van der Waals surface area contributed by atoms with E-state index in [2.05, 4.69) is 25.6 Å². The van der Waals surface area contributed by atoms with Crippen LogP contribution in [0.3, 0.4) is 0 Å². The number of anilines is 4. The maximum absolute atomic E-state index is 14.1. The maximum atomic E-state index is 14.1. The van der Waals surface area contributed by atoms with Crippen LogP contribution in [0.2, 0.25) is 0 Å². The molecule has 2 aliphatic carbocycles. The van der Waals surface area contributed by atoms with Gasteiger partial charge in [-0.2, -0.15) is 22.0 Å². The Kier molecular flexibility index (Phi) is 6.25. The van der Waals surface area contributed by atoms with Gasteiger partial charge in [-0.15, -0.1) is 0 Å². The zero-order chi connectivity index (χ0) is 26.5. The summed E-state index contributed by atoms with van der Waals surface area (Å²) < 4.78 is 59.9. The van der Waals surface area contributed by atoms with Crippen LogP contribution in [0, 0.1) is 0 Å². The SMILES string of the molecule is CC(=O)Nc1cc2c(cn1)C1(CC1)CN2c1cc(NC2CC2)nc(C(C)(F)F)n1.O=C(O)C(F)(F)F. The Morgan fingerprint density at radius 3 is 2.25 bits per heavy atom. The molecule has 1 aliphatic heterocycles. The van der Waals surface area contributed by atoms with Crippen molar-refractivity contribution in [3.63, 3.8) is 0 Å². The van der Waals surface area contributed by atoms with Gasteiger partial charge in [0.15, 0.2) is 0 Å². The van der Waals surface area contributed by atoms with Crippen molar-refractivity contribution in [2.24, 2.45) is 0 Å². The van der Waals surface area contributed by atoms with Crippen LogP contribution in [-0.2, 0) is 20.9 Å². The van der Waals surface area contributed by atoms with E-state index in [1.54, 1.807) is 18.3 Å². The van der Waals surface area contributed by atoms with E-state index >= 15 is 0 Å². The third-order valence-corrected chi connectivity index (χ3v) is 5.92. The summed E-state index contributed by atoms with van der Waals surface area (Å²) in [4.78, 5) is 34.9. The van der Waals surface area contributed by atoms with Crippen molar-refractivity contribution in [2.75, 3.05) is 22.1 Å². The fourth-order valence-corrected chi connectivity index (χ4v) is 3.86. The number of pyridine rings is 1. The molecule has 0 bridgehead atoms. The van der Waals surface area contributed by atoms with Crippen LogP contribution < -0.4 is 15.5 Å². The second-order valence-corrected chi connectivity index (χ2v) is 9.18. The highest BCUT2D eigenvalue weighted by atomic mass is 19.4. The molecular formula is C22H23F5N6O3. The molecule has 14 heteroatoms. The van der Waals surface area contributed by atoms with E-state index < -0.39 is 23.9 Å². The van der Waals surface area contributed by atoms with Gasteiger partial charge in [0.05, 0.1) is 5.69 Å². The Hall–Kier alpha value is -3.58. The van der Waals surface area contributed by atoms with E-state index in [9.17, 15) is 26.7 Å². The van der Waals surface area contributed by atoms with Crippen molar-refractivity contribution in [3.8, 4) is 0 Å². The molecule has 3 N–H and O–H groups in total. The lowest BCUT2D eigenvalue weighted by atomic mass is 10.0. The van der Waals surface area contributed by atoms with Crippen molar-refractivity contribution >= 4 is 35.0 Å². The van der Waals surface area contributed by atoms with Crippen molar-refractivity contribution in [2.45, 2.75) is 63.1 Å². The van der Waals surface area contributed by atoms with Crippen molar-refractivity contribution in [3.05, 3.63) is 29.7 Å². The predicted octanol–water partition coefficient (Wildman–Crippen LogP) is 4.33. The second-order valence-electron chi connectivity index (χ2n) is 9.18. The first kappa shape index (κ1) is 25.5. The normalized spacial score (nSPS) is 17.7. The highest BCUT2D eigenvalue weighted by Gasteiger charge is 2.53. The first-order chi connectivity index (χ1) is 16.7. The van der Waals surface area contributed by atoms with E-state index in [1.165, 1.54) is 6.92 Å². The third kappa shape index (κ3) is 5.62. The number of aromatic nitrogens is 3. The molecule has 2 fully saturated rings. The summed E-state index contributed by atoms with van der Waals surface area (Å²) in [6.45, 7) is 2.89. The predicted molar refractivity (Wildman–Crippen MR) is 118 cm³/mol. The van der Waals surface area contributed by atoms with Gasteiger partial charge in [0.25, 0.3) is 0 Å². The molecule has 0 saturated heterocycles. The fraction of sp³-hybridized carbons (Fsp3) is 0.500. The van der Waals surface area contributed by atoms with Gasteiger partial charge in [0, 0.05) is 55.7 Å². The number of carboxylic acid groups (broad SMARTS) is 1. The molecule has 0 aromatic carbocycles. The number of alkyl halides is 5. The molecule has 2 aromatic rings. The maximum Gasteiger partial charge on any atom is 0.490 e. The summed E-state index contributed by atoms with van der Waals surface area (Å²) in [5.41, 5.74) is 1.91. The minimum Gasteiger partial charge on any atom is -0.475 e. The van der Waals surface area contributed by atoms with Gasteiger partial charge in [-0.05, 0) is 25.7 Å². The number of carbonyl (C=O) groups is 2. The highest BCUT2D eigenvalue weighted by Crippen LogP contribution is 2.58. The number of amides is 1. The van der Waals surface area contributed by atoms with Gasteiger partial charge < -0.3 is 20.6 Å². The molecule has 0 atom stereocenters. The molecule has 0 radical (unpaired) electrons. The van der Waals surface area contributed by atoms with Crippen LogP contribution >= 0.6 is 0 Å². The lowest BCUT2D eigenvalue weighted by Gasteiger charge is -2.22. The van der Waals surface area contributed by atoms with Crippen LogP contribution in [0.1, 0.15) is 50.9 Å². The number of halogens is 5. The van der Waals surface area contributed by atoms with Gasteiger partial charge >= 0.3 is 18.1 Å². The number of carboxylic acids is 1. The van der Waals surface area contributed by atoms with Crippen LogP contribution in [-0.4, -0.2) is 50.7 Å². The molecule has 194 valence electrons. The van der Waals surface area contributed by atoms with E-state index in [0.29, 0.717) is 24.0 Å². The fourth-order valence-electron chi connectivity index (χ4n) is 3.86. The van der Waals surface area contributed by atoms with Crippen molar-refractivity contribution in [1.29, 1.82) is 0 Å². The standard InChI is InChI=1S/C20H22F2N6O.C2HF3O2/c1-11(29)24-15-7-14-13(9-23-15)20(5-6-20)10-28(14)17-8-16(25-12-3-4-12)26-18(27-17)19(2,21)22;3-2(4,5)1(6)7/h7-9,12H,3-6,10H2,1-2H3,(H,23,24,29)(H,25,26,27);(H,6,7). The zero-order valence-electron chi connectivity index (χ0n) is 19.3. The largest absolute Gasteiger partial charge is 0.490 e. The molecule has 9 nitrogen and oxygen atoms in total. The molecule has 1 amide bonds. The van der Waals surface area contributed by atoms with Crippen LogP contribution in [0.25, 0.3) is 0 Å². The smallest absolute Gasteiger partial charge is 0.475 e. The Morgan fingerprint density at radius 2 is 1.75 bits per heavy atom. The molecule has 3 aliphatic rings. The number of rotatable bonds is 5. The van der Waals surface area contributed by atoms with Gasteiger partial charge in [0.2, 0.25) is 11.7 Å². The average molecular weight is 514 g/mol. The van der Waals surface area contributed by atoms with Crippen molar-refractivity contribution < 1.29 is 36.6 Å². The first-order valence-electron chi connectivity index (χ1n) is 11.1. The van der Waals surface area contributed by atoms with E-state index in [-0.39, 0.29) is 17.4 Å². The minimum atomic E-state index is -5.08. The minimum absolute atomic E-state index is 0.0129. The number of carbonyl (C=O) groups excluding carboxylic acids is 1.